The minimum atomic E-state index is 0.262. The lowest BCUT2D eigenvalue weighted by molar-refractivity contribution is -0.120. The van der Waals surface area contributed by atoms with Crippen molar-refractivity contribution in [2.45, 2.75) is 46.0 Å². The first-order valence-corrected chi connectivity index (χ1v) is 5.28. The Morgan fingerprint density at radius 3 is 2.62 bits per heavy atom. The van der Waals surface area contributed by atoms with Gasteiger partial charge in [-0.1, -0.05) is 20.3 Å². The first kappa shape index (κ1) is 9.04. The average molecular weight is 181 g/mol. The third-order valence-corrected chi connectivity index (χ3v) is 3.61. The van der Waals surface area contributed by atoms with E-state index in [2.05, 4.69) is 19.2 Å². The SMILES string of the molecule is CC1(C)CCCC2(CNC(=O)C2)C1. The van der Waals surface area contributed by atoms with Crippen LogP contribution in [-0.2, 0) is 4.79 Å². The highest BCUT2D eigenvalue weighted by atomic mass is 16.1. The average Bonchev–Trinajstić information content (AvgIpc) is 2.29. The van der Waals surface area contributed by atoms with Crippen molar-refractivity contribution in [3.63, 3.8) is 0 Å². The maximum Gasteiger partial charge on any atom is 0.220 e. The summed E-state index contributed by atoms with van der Waals surface area (Å²) in [5.74, 6) is 0.262. The molecule has 1 spiro atoms. The molecular weight excluding hydrogens is 162 g/mol. The summed E-state index contributed by atoms with van der Waals surface area (Å²) in [6.45, 7) is 5.59. The Balaban J connectivity index is 2.11. The first-order valence-electron chi connectivity index (χ1n) is 5.28. The number of rotatable bonds is 0. The predicted octanol–water partition coefficient (Wildman–Crippen LogP) is 2.09. The van der Waals surface area contributed by atoms with Gasteiger partial charge in [0.15, 0.2) is 0 Å². The molecule has 2 nitrogen and oxygen atoms in total. The van der Waals surface area contributed by atoms with Gasteiger partial charge < -0.3 is 5.32 Å². The lowest BCUT2D eigenvalue weighted by Crippen LogP contribution is -2.34. The van der Waals surface area contributed by atoms with E-state index in [-0.39, 0.29) is 5.91 Å². The van der Waals surface area contributed by atoms with Crippen LogP contribution >= 0.6 is 0 Å². The lowest BCUT2D eigenvalue weighted by atomic mass is 9.63. The highest BCUT2D eigenvalue weighted by molar-refractivity contribution is 5.79. The Morgan fingerprint density at radius 2 is 2.08 bits per heavy atom. The molecule has 0 aromatic rings. The van der Waals surface area contributed by atoms with Crippen molar-refractivity contribution in [1.29, 1.82) is 0 Å². The first-order chi connectivity index (χ1) is 6.02. The van der Waals surface area contributed by atoms with Crippen LogP contribution < -0.4 is 5.32 Å². The molecule has 1 unspecified atom stereocenters. The molecule has 1 heterocycles. The number of hydrogen-bond donors (Lipinski definition) is 1. The van der Waals surface area contributed by atoms with Crippen LogP contribution in [0.15, 0.2) is 0 Å². The topological polar surface area (TPSA) is 29.1 Å². The highest BCUT2D eigenvalue weighted by Gasteiger charge is 2.44. The van der Waals surface area contributed by atoms with E-state index in [0.29, 0.717) is 10.8 Å². The summed E-state index contributed by atoms with van der Waals surface area (Å²) >= 11 is 0. The molecule has 13 heavy (non-hydrogen) atoms. The molecule has 2 rings (SSSR count). The Bertz CT molecular complexity index is 234. The fourth-order valence-corrected chi connectivity index (χ4v) is 3.19. The maximum absolute atomic E-state index is 11.2. The number of carbonyl (C=O) groups excluding carboxylic acids is 1. The Morgan fingerprint density at radius 1 is 1.31 bits per heavy atom. The fraction of sp³-hybridized carbons (Fsp3) is 0.909. The van der Waals surface area contributed by atoms with E-state index in [1.165, 1.54) is 25.7 Å². The molecule has 0 bridgehead atoms. The van der Waals surface area contributed by atoms with E-state index in [1.54, 1.807) is 0 Å². The smallest absolute Gasteiger partial charge is 0.220 e. The molecule has 1 saturated heterocycles. The van der Waals surface area contributed by atoms with E-state index >= 15 is 0 Å². The molecule has 1 saturated carbocycles. The van der Waals surface area contributed by atoms with E-state index in [1.807, 2.05) is 0 Å². The van der Waals surface area contributed by atoms with Crippen molar-refractivity contribution in [3.05, 3.63) is 0 Å². The summed E-state index contributed by atoms with van der Waals surface area (Å²) < 4.78 is 0. The molecule has 1 atom stereocenters. The van der Waals surface area contributed by atoms with E-state index in [9.17, 15) is 4.79 Å². The number of nitrogens with one attached hydrogen (secondary N) is 1. The molecular formula is C11H19NO. The Hall–Kier alpha value is -0.530. The molecule has 0 aromatic carbocycles. The van der Waals surface area contributed by atoms with Crippen LogP contribution in [0.1, 0.15) is 46.0 Å². The van der Waals surface area contributed by atoms with Gasteiger partial charge in [-0.15, -0.1) is 0 Å². The minimum absolute atomic E-state index is 0.262. The van der Waals surface area contributed by atoms with Gasteiger partial charge in [0.1, 0.15) is 0 Å². The molecule has 0 aromatic heterocycles. The second-order valence-corrected chi connectivity index (χ2v) is 5.65. The molecule has 1 amide bonds. The van der Waals surface area contributed by atoms with E-state index < -0.39 is 0 Å². The molecule has 2 fully saturated rings. The highest BCUT2D eigenvalue weighted by Crippen LogP contribution is 2.49. The normalized spacial score (nSPS) is 37.8. The van der Waals surface area contributed by atoms with Crippen LogP contribution in [-0.4, -0.2) is 12.5 Å². The summed E-state index contributed by atoms with van der Waals surface area (Å²) in [6.07, 6.45) is 5.86. The number of amides is 1. The summed E-state index contributed by atoms with van der Waals surface area (Å²) in [5, 5.41) is 2.98. The van der Waals surface area contributed by atoms with Gasteiger partial charge in [0.25, 0.3) is 0 Å². The van der Waals surface area contributed by atoms with Crippen molar-refractivity contribution in [3.8, 4) is 0 Å². The number of carbonyl (C=O) groups is 1. The van der Waals surface area contributed by atoms with Crippen molar-refractivity contribution in [2.24, 2.45) is 10.8 Å². The van der Waals surface area contributed by atoms with Gasteiger partial charge in [-0.05, 0) is 30.1 Å². The molecule has 1 aliphatic heterocycles. The number of hydrogen-bond acceptors (Lipinski definition) is 1. The van der Waals surface area contributed by atoms with Crippen molar-refractivity contribution in [2.75, 3.05) is 6.54 Å². The molecule has 1 N–H and O–H groups in total. The standard InChI is InChI=1S/C11H19NO/c1-10(2)4-3-5-11(7-10)6-9(13)12-8-11/h3-8H2,1-2H3,(H,12,13). The second kappa shape index (κ2) is 2.73. The maximum atomic E-state index is 11.2. The summed E-state index contributed by atoms with van der Waals surface area (Å²) in [5.41, 5.74) is 0.767. The van der Waals surface area contributed by atoms with Crippen molar-refractivity contribution < 1.29 is 4.79 Å². The Kier molecular flexibility index (Phi) is 1.90. The van der Waals surface area contributed by atoms with Crippen LogP contribution in [0.5, 0.6) is 0 Å². The van der Waals surface area contributed by atoms with Crippen LogP contribution in [0.3, 0.4) is 0 Å². The predicted molar refractivity (Wildman–Crippen MR) is 52.3 cm³/mol. The zero-order valence-corrected chi connectivity index (χ0v) is 8.65. The third-order valence-electron chi connectivity index (χ3n) is 3.61. The van der Waals surface area contributed by atoms with Gasteiger partial charge >= 0.3 is 0 Å². The zero-order chi connectivity index (χ0) is 9.53. The van der Waals surface area contributed by atoms with Gasteiger partial charge in [0.05, 0.1) is 0 Å². The third kappa shape index (κ3) is 1.72. The molecule has 74 valence electrons. The van der Waals surface area contributed by atoms with Crippen LogP contribution in [0, 0.1) is 10.8 Å². The monoisotopic (exact) mass is 181 g/mol. The summed E-state index contributed by atoms with van der Waals surface area (Å²) in [6, 6.07) is 0. The Labute approximate surface area is 80.1 Å². The quantitative estimate of drug-likeness (QED) is 0.609. The molecule has 1 aliphatic carbocycles. The van der Waals surface area contributed by atoms with Gasteiger partial charge in [-0.3, -0.25) is 4.79 Å². The minimum Gasteiger partial charge on any atom is -0.356 e. The van der Waals surface area contributed by atoms with Gasteiger partial charge in [0.2, 0.25) is 5.91 Å². The fourth-order valence-electron chi connectivity index (χ4n) is 3.19. The van der Waals surface area contributed by atoms with Crippen LogP contribution in [0.25, 0.3) is 0 Å². The van der Waals surface area contributed by atoms with Crippen molar-refractivity contribution in [1.82, 2.24) is 5.32 Å². The molecule has 2 aliphatic rings. The summed E-state index contributed by atoms with van der Waals surface area (Å²) in [7, 11) is 0. The van der Waals surface area contributed by atoms with E-state index in [4.69, 9.17) is 0 Å². The lowest BCUT2D eigenvalue weighted by Gasteiger charge is -2.41. The molecule has 0 radical (unpaired) electrons. The van der Waals surface area contributed by atoms with Crippen LogP contribution in [0.2, 0.25) is 0 Å². The second-order valence-electron chi connectivity index (χ2n) is 5.65. The van der Waals surface area contributed by atoms with Gasteiger partial charge in [0, 0.05) is 13.0 Å². The largest absolute Gasteiger partial charge is 0.356 e. The van der Waals surface area contributed by atoms with E-state index in [0.717, 1.165) is 13.0 Å². The van der Waals surface area contributed by atoms with Gasteiger partial charge in [-0.2, -0.15) is 0 Å². The zero-order valence-electron chi connectivity index (χ0n) is 8.65. The summed E-state index contributed by atoms with van der Waals surface area (Å²) in [4.78, 5) is 11.2. The van der Waals surface area contributed by atoms with Gasteiger partial charge in [-0.25, -0.2) is 0 Å². The van der Waals surface area contributed by atoms with Crippen molar-refractivity contribution >= 4 is 5.91 Å². The van der Waals surface area contributed by atoms with Crippen LogP contribution in [0.4, 0.5) is 0 Å². The molecule has 2 heteroatoms.